The number of allylic oxidation sites excluding steroid dienone is 1. The van der Waals surface area contributed by atoms with Gasteiger partial charge in [-0.2, -0.15) is 0 Å². The molecule has 3 aromatic carbocycles. The molecule has 0 radical (unpaired) electrons. The lowest BCUT2D eigenvalue weighted by molar-refractivity contribution is 0.0532. The second kappa shape index (κ2) is 21.7. The van der Waals surface area contributed by atoms with Crippen LogP contribution in [0.2, 0.25) is 0 Å². The van der Waals surface area contributed by atoms with Crippen LogP contribution in [0.3, 0.4) is 0 Å². The van der Waals surface area contributed by atoms with Crippen LogP contribution in [0.4, 0.5) is 0 Å². The number of ether oxygens (including phenoxy) is 4. The Labute approximate surface area is 354 Å². The molecule has 2 unspecified atom stereocenters. The first-order chi connectivity index (χ1) is 29.5. The molecule has 7 rings (SSSR count). The zero-order valence-electron chi connectivity index (χ0n) is 35.6. The summed E-state index contributed by atoms with van der Waals surface area (Å²) in [6.07, 6.45) is 19.2. The summed E-state index contributed by atoms with van der Waals surface area (Å²) in [4.78, 5) is 12.7. The lowest BCUT2D eigenvalue weighted by Crippen LogP contribution is -2.11. The maximum atomic E-state index is 12.7. The highest BCUT2D eigenvalue weighted by atomic mass is 16.5. The molecule has 2 bridgehead atoms. The molecule has 11 nitrogen and oxygen atoms in total. The third kappa shape index (κ3) is 11.2. The van der Waals surface area contributed by atoms with Gasteiger partial charge in [0.25, 0.3) is 0 Å². The Bertz CT molecular complexity index is 2100. The highest BCUT2D eigenvalue weighted by Gasteiger charge is 2.33. The summed E-state index contributed by atoms with van der Waals surface area (Å²) in [7, 11) is 0. The molecule has 0 aliphatic heterocycles. The summed E-state index contributed by atoms with van der Waals surface area (Å²) in [5.74, 6) is 4.24. The van der Waals surface area contributed by atoms with Crippen molar-refractivity contribution in [2.24, 2.45) is 11.8 Å². The molecule has 2 atom stereocenters. The topological polar surface area (TPSA) is 132 Å². The van der Waals surface area contributed by atoms with Crippen molar-refractivity contribution in [2.75, 3.05) is 26.4 Å². The van der Waals surface area contributed by atoms with Gasteiger partial charge in [-0.3, -0.25) is 0 Å². The normalized spacial score (nSPS) is 15.6. The van der Waals surface area contributed by atoms with Gasteiger partial charge in [-0.25, -0.2) is 4.79 Å². The van der Waals surface area contributed by atoms with Crippen LogP contribution in [0, 0.1) is 11.8 Å². The molecule has 5 aromatic rings. The quantitative estimate of drug-likeness (QED) is 0.0317. The Morgan fingerprint density at radius 2 is 1.05 bits per heavy atom. The third-order valence-corrected chi connectivity index (χ3v) is 11.4. The van der Waals surface area contributed by atoms with Crippen molar-refractivity contribution < 1.29 is 32.6 Å². The molecule has 1 saturated carbocycles. The third-order valence-electron chi connectivity index (χ3n) is 11.4. The average Bonchev–Trinajstić information content (AvgIpc) is 4.13. The van der Waals surface area contributed by atoms with Crippen LogP contribution in [0.25, 0.3) is 45.8 Å². The maximum absolute atomic E-state index is 12.7. The summed E-state index contributed by atoms with van der Waals surface area (Å²) in [5, 5.41) is 17.4. The van der Waals surface area contributed by atoms with E-state index in [1.165, 1.54) is 50.5 Å². The largest absolute Gasteiger partial charge is 0.490 e. The van der Waals surface area contributed by atoms with E-state index in [0.717, 1.165) is 62.5 Å². The Morgan fingerprint density at radius 1 is 0.583 bits per heavy atom. The number of carbonyl (C=O) groups is 1. The molecule has 318 valence electrons. The molecule has 2 aromatic heterocycles. The van der Waals surface area contributed by atoms with Crippen LogP contribution in [0.5, 0.6) is 17.2 Å². The number of fused-ring (bicyclic) bond motifs is 2. The summed E-state index contributed by atoms with van der Waals surface area (Å²) in [6.45, 7) is 8.74. The Morgan fingerprint density at radius 3 is 1.50 bits per heavy atom. The van der Waals surface area contributed by atoms with Crippen molar-refractivity contribution in [1.82, 2.24) is 20.4 Å². The highest BCUT2D eigenvalue weighted by Crippen LogP contribution is 2.44. The van der Waals surface area contributed by atoms with Gasteiger partial charge in [-0.1, -0.05) is 84.6 Å². The molecule has 0 spiro atoms. The fraction of sp³-hybridized carbons (Fsp3) is 0.490. The molecule has 60 heavy (non-hydrogen) atoms. The first kappa shape index (κ1) is 42.7. The van der Waals surface area contributed by atoms with E-state index in [2.05, 4.69) is 47.2 Å². The van der Waals surface area contributed by atoms with Crippen LogP contribution in [0.15, 0.2) is 81.1 Å². The van der Waals surface area contributed by atoms with E-state index < -0.39 is 0 Å². The molecule has 0 N–H and O–H groups in total. The Kier molecular flexibility index (Phi) is 15.4. The predicted molar refractivity (Wildman–Crippen MR) is 232 cm³/mol. The number of carbonyl (C=O) groups excluding carboxylic acids is 1. The van der Waals surface area contributed by atoms with Crippen molar-refractivity contribution >= 4 is 5.97 Å². The van der Waals surface area contributed by atoms with E-state index in [1.807, 2.05) is 36.4 Å². The minimum absolute atomic E-state index is 0.334. The number of benzene rings is 3. The van der Waals surface area contributed by atoms with Gasteiger partial charge in [0.05, 0.1) is 25.4 Å². The molecule has 0 saturated heterocycles. The molecule has 0 amide bonds. The van der Waals surface area contributed by atoms with Gasteiger partial charge in [0, 0.05) is 22.3 Å². The van der Waals surface area contributed by atoms with Gasteiger partial charge in [0.15, 0.2) is 11.5 Å². The standard InChI is InChI=1S/C49H60N4O7/c1-4-7-10-13-26-55-42-31-40(32-43(56-27-14-11-8-5-2)44(42)57-28-15-12-9-6-3)48-53-52-47(60-48)36-20-18-35(19-21-36)45-50-51-46(59-45)37-22-24-38(25-23-37)49(54)58-33-41-30-34-16-17-39(41)29-34/h18-25,30-32,34,39H,4-17,26-29,33H2,1-3H3. The van der Waals surface area contributed by atoms with Crippen molar-refractivity contribution in [2.45, 2.75) is 117 Å². The molecular formula is C49H60N4O7. The number of hydrogen-bond donors (Lipinski definition) is 0. The number of hydrogen-bond acceptors (Lipinski definition) is 11. The van der Waals surface area contributed by atoms with E-state index in [1.54, 1.807) is 24.3 Å². The van der Waals surface area contributed by atoms with Crippen molar-refractivity contribution in [3.63, 3.8) is 0 Å². The zero-order valence-corrected chi connectivity index (χ0v) is 35.6. The first-order valence-corrected chi connectivity index (χ1v) is 22.4. The SMILES string of the molecule is CCCCCCOc1cc(-c2nnc(-c3ccc(-c4nnc(-c5ccc(C(=O)OCC6=CC7CCC6C7)cc5)o4)cc3)o2)cc(OCCCCCC)c1OCCCCCC. The minimum Gasteiger partial charge on any atom is -0.490 e. The Balaban J connectivity index is 1.02. The fourth-order valence-electron chi connectivity index (χ4n) is 7.94. The maximum Gasteiger partial charge on any atom is 0.338 e. The van der Waals surface area contributed by atoms with Crippen LogP contribution in [0.1, 0.15) is 127 Å². The van der Waals surface area contributed by atoms with E-state index in [9.17, 15) is 4.79 Å². The van der Waals surface area contributed by atoms with E-state index in [4.69, 9.17) is 27.8 Å². The number of unbranched alkanes of at least 4 members (excludes halogenated alkanes) is 9. The van der Waals surface area contributed by atoms with Gasteiger partial charge in [0.1, 0.15) is 6.61 Å². The summed E-state index contributed by atoms with van der Waals surface area (Å²) in [6, 6.07) is 18.4. The Hall–Kier alpha value is -5.45. The van der Waals surface area contributed by atoms with Crippen molar-refractivity contribution in [1.29, 1.82) is 0 Å². The monoisotopic (exact) mass is 816 g/mol. The van der Waals surface area contributed by atoms with E-state index >= 15 is 0 Å². The lowest BCUT2D eigenvalue weighted by atomic mass is 9.99. The van der Waals surface area contributed by atoms with E-state index in [-0.39, 0.29) is 5.97 Å². The van der Waals surface area contributed by atoms with Crippen LogP contribution in [-0.2, 0) is 4.74 Å². The number of rotatable bonds is 25. The number of nitrogens with zero attached hydrogens (tertiary/aromatic N) is 4. The van der Waals surface area contributed by atoms with Crippen LogP contribution < -0.4 is 14.2 Å². The lowest BCUT2D eigenvalue weighted by Gasteiger charge is -2.18. The predicted octanol–water partition coefficient (Wildman–Crippen LogP) is 12.5. The van der Waals surface area contributed by atoms with Gasteiger partial charge in [-0.05, 0) is 117 Å². The van der Waals surface area contributed by atoms with Gasteiger partial charge in [0.2, 0.25) is 29.3 Å². The number of esters is 1. The zero-order chi connectivity index (χ0) is 41.5. The molecule has 11 heteroatoms. The minimum atomic E-state index is -0.334. The molecule has 2 aliphatic carbocycles. The summed E-state index contributed by atoms with van der Waals surface area (Å²) < 4.78 is 37.1. The first-order valence-electron chi connectivity index (χ1n) is 22.4. The van der Waals surface area contributed by atoms with Gasteiger partial charge < -0.3 is 27.8 Å². The smallest absolute Gasteiger partial charge is 0.338 e. The summed E-state index contributed by atoms with van der Waals surface area (Å²) >= 11 is 0. The highest BCUT2D eigenvalue weighted by molar-refractivity contribution is 5.90. The fourth-order valence-corrected chi connectivity index (χ4v) is 7.94. The average molecular weight is 817 g/mol. The second-order valence-electron chi connectivity index (χ2n) is 16.1. The number of aromatic nitrogens is 4. The van der Waals surface area contributed by atoms with Gasteiger partial charge >= 0.3 is 5.97 Å². The van der Waals surface area contributed by atoms with Crippen molar-refractivity contribution in [3.05, 3.63) is 77.9 Å². The van der Waals surface area contributed by atoms with Crippen LogP contribution >= 0.6 is 0 Å². The van der Waals surface area contributed by atoms with E-state index in [0.29, 0.717) is 95.8 Å². The van der Waals surface area contributed by atoms with Crippen molar-refractivity contribution in [3.8, 4) is 63.1 Å². The molecule has 2 heterocycles. The second-order valence-corrected chi connectivity index (χ2v) is 16.1. The molecular weight excluding hydrogens is 757 g/mol. The van der Waals surface area contributed by atoms with Gasteiger partial charge in [-0.15, -0.1) is 20.4 Å². The van der Waals surface area contributed by atoms with Crippen LogP contribution in [-0.4, -0.2) is 52.8 Å². The summed E-state index contributed by atoms with van der Waals surface area (Å²) in [5.41, 5.74) is 4.64. The molecule has 2 aliphatic rings. The molecule has 1 fully saturated rings.